The van der Waals surface area contributed by atoms with Crippen LogP contribution in [0.25, 0.3) is 0 Å². The van der Waals surface area contributed by atoms with Gasteiger partial charge in [0.2, 0.25) is 5.89 Å². The maximum Gasteiger partial charge on any atom is 0.251 e. The lowest BCUT2D eigenvalue weighted by molar-refractivity contribution is 0.0688. The van der Waals surface area contributed by atoms with Crippen molar-refractivity contribution in [2.24, 2.45) is 0 Å². The predicted octanol–water partition coefficient (Wildman–Crippen LogP) is 2.45. The van der Waals surface area contributed by atoms with Crippen molar-refractivity contribution in [1.82, 2.24) is 15.5 Å². The molecule has 0 atom stereocenters. The number of aromatic nitrogens is 2. The first kappa shape index (κ1) is 19.4. The van der Waals surface area contributed by atoms with E-state index in [1.165, 1.54) is 0 Å². The number of hydrogen-bond acceptors (Lipinski definition) is 7. The molecule has 25 heavy (non-hydrogen) atoms. The summed E-state index contributed by atoms with van der Waals surface area (Å²) in [5, 5.41) is 6.63. The summed E-state index contributed by atoms with van der Waals surface area (Å²) in [6.07, 6.45) is 0.771. The van der Waals surface area contributed by atoms with Gasteiger partial charge in [-0.05, 0) is 37.6 Å². The summed E-state index contributed by atoms with van der Waals surface area (Å²) in [4.78, 5) is 17.3. The van der Waals surface area contributed by atoms with Crippen molar-refractivity contribution >= 4 is 17.7 Å². The minimum atomic E-state index is -0.0824. The highest BCUT2D eigenvalue weighted by atomic mass is 32.2. The lowest BCUT2D eigenvalue weighted by Gasteiger charge is -2.07. The third-order valence-electron chi connectivity index (χ3n) is 3.23. The van der Waals surface area contributed by atoms with E-state index >= 15 is 0 Å². The molecular formula is C17H23N3O4S. The minimum Gasteiger partial charge on any atom is -0.382 e. The lowest BCUT2D eigenvalue weighted by Crippen LogP contribution is -2.25. The topological polar surface area (TPSA) is 86.5 Å². The van der Waals surface area contributed by atoms with Crippen LogP contribution in [0.4, 0.5) is 0 Å². The summed E-state index contributed by atoms with van der Waals surface area (Å²) in [6, 6.07) is 7.45. The monoisotopic (exact) mass is 365 g/mol. The van der Waals surface area contributed by atoms with E-state index in [1.807, 2.05) is 24.3 Å². The van der Waals surface area contributed by atoms with E-state index < -0.39 is 0 Å². The normalized spacial score (nSPS) is 10.8. The Bertz CT molecular complexity index is 646. The average Bonchev–Trinajstić information content (AvgIpc) is 3.05. The molecule has 0 saturated carbocycles. The summed E-state index contributed by atoms with van der Waals surface area (Å²) >= 11 is 1.58. The van der Waals surface area contributed by atoms with Gasteiger partial charge in [0.25, 0.3) is 5.91 Å². The molecular weight excluding hydrogens is 342 g/mol. The Morgan fingerprint density at radius 1 is 1.24 bits per heavy atom. The molecule has 2 aromatic rings. The molecule has 1 aromatic heterocycles. The van der Waals surface area contributed by atoms with Crippen LogP contribution in [0.1, 0.15) is 28.5 Å². The number of benzene rings is 1. The number of thioether (sulfide) groups is 1. The fraction of sp³-hybridized carbons (Fsp3) is 0.471. The number of hydrogen-bond donors (Lipinski definition) is 1. The number of ether oxygens (including phenoxy) is 2. The van der Waals surface area contributed by atoms with E-state index in [-0.39, 0.29) is 5.91 Å². The lowest BCUT2D eigenvalue weighted by atomic mass is 10.2. The maximum atomic E-state index is 12.1. The Balaban J connectivity index is 1.67. The number of carbonyl (C=O) groups is 1. The second kappa shape index (κ2) is 10.9. The maximum absolute atomic E-state index is 12.1. The molecule has 0 saturated heterocycles. The molecule has 1 heterocycles. The van der Waals surface area contributed by atoms with Gasteiger partial charge >= 0.3 is 0 Å². The molecule has 2 rings (SSSR count). The quantitative estimate of drug-likeness (QED) is 0.483. The van der Waals surface area contributed by atoms with E-state index in [2.05, 4.69) is 15.5 Å². The molecule has 0 radical (unpaired) electrons. The fourth-order valence-electron chi connectivity index (χ4n) is 1.97. The van der Waals surface area contributed by atoms with E-state index in [4.69, 9.17) is 14.0 Å². The summed E-state index contributed by atoms with van der Waals surface area (Å²) in [5.74, 6) is 1.75. The van der Waals surface area contributed by atoms with E-state index in [0.717, 1.165) is 11.3 Å². The van der Waals surface area contributed by atoms with Gasteiger partial charge in [0.1, 0.15) is 0 Å². The third-order valence-corrected chi connectivity index (χ3v) is 4.23. The van der Waals surface area contributed by atoms with Crippen LogP contribution in [0.15, 0.2) is 33.7 Å². The molecule has 1 N–H and O–H groups in total. The van der Waals surface area contributed by atoms with Crippen molar-refractivity contribution < 1.29 is 18.8 Å². The van der Waals surface area contributed by atoms with Gasteiger partial charge in [0.15, 0.2) is 5.82 Å². The summed E-state index contributed by atoms with van der Waals surface area (Å²) < 4.78 is 15.3. The molecule has 1 aromatic carbocycles. The van der Waals surface area contributed by atoms with E-state index in [0.29, 0.717) is 49.4 Å². The van der Waals surface area contributed by atoms with Crippen LogP contribution in [-0.4, -0.2) is 49.5 Å². The van der Waals surface area contributed by atoms with E-state index in [1.54, 1.807) is 25.8 Å². The minimum absolute atomic E-state index is 0.0824. The highest BCUT2D eigenvalue weighted by molar-refractivity contribution is 7.98. The van der Waals surface area contributed by atoms with Gasteiger partial charge in [-0.1, -0.05) is 5.16 Å². The van der Waals surface area contributed by atoms with Crippen LogP contribution in [0.2, 0.25) is 0 Å². The number of aryl methyl sites for hydroxylation is 1. The molecule has 136 valence electrons. The SMILES string of the molecule is COCCOCCCNC(=O)c1ccc(SCc2nc(C)no2)cc1. The molecule has 0 aliphatic rings. The van der Waals surface area contributed by atoms with Crippen molar-refractivity contribution in [2.45, 2.75) is 24.0 Å². The predicted molar refractivity (Wildman–Crippen MR) is 94.7 cm³/mol. The fourth-order valence-corrected chi connectivity index (χ4v) is 2.70. The zero-order chi connectivity index (χ0) is 17.9. The van der Waals surface area contributed by atoms with Crippen LogP contribution in [0, 0.1) is 6.92 Å². The zero-order valence-electron chi connectivity index (χ0n) is 14.5. The number of rotatable bonds is 11. The van der Waals surface area contributed by atoms with Crippen molar-refractivity contribution in [3.05, 3.63) is 41.5 Å². The first-order valence-electron chi connectivity index (χ1n) is 8.06. The molecule has 0 aliphatic carbocycles. The Labute approximate surface area is 151 Å². The van der Waals surface area contributed by atoms with Gasteiger partial charge in [-0.15, -0.1) is 11.8 Å². The first-order valence-corrected chi connectivity index (χ1v) is 9.04. The van der Waals surface area contributed by atoms with Crippen LogP contribution in [-0.2, 0) is 15.2 Å². The Morgan fingerprint density at radius 2 is 2.04 bits per heavy atom. The van der Waals surface area contributed by atoms with Gasteiger partial charge in [-0.3, -0.25) is 4.79 Å². The number of amides is 1. The zero-order valence-corrected chi connectivity index (χ0v) is 15.3. The van der Waals surface area contributed by atoms with Crippen LogP contribution in [0.5, 0.6) is 0 Å². The first-order chi connectivity index (χ1) is 12.2. The average molecular weight is 365 g/mol. The summed E-state index contributed by atoms with van der Waals surface area (Å²) in [6.45, 7) is 4.14. The largest absolute Gasteiger partial charge is 0.382 e. The highest BCUT2D eigenvalue weighted by Crippen LogP contribution is 2.22. The van der Waals surface area contributed by atoms with Crippen molar-refractivity contribution in [2.75, 3.05) is 33.5 Å². The van der Waals surface area contributed by atoms with Crippen LogP contribution >= 0.6 is 11.8 Å². The van der Waals surface area contributed by atoms with Gasteiger partial charge in [0.05, 0.1) is 19.0 Å². The smallest absolute Gasteiger partial charge is 0.251 e. The second-order valence-corrected chi connectivity index (χ2v) is 6.31. The molecule has 1 amide bonds. The van der Waals surface area contributed by atoms with E-state index in [9.17, 15) is 4.79 Å². The van der Waals surface area contributed by atoms with Crippen molar-refractivity contribution in [3.63, 3.8) is 0 Å². The second-order valence-electron chi connectivity index (χ2n) is 5.26. The van der Waals surface area contributed by atoms with Crippen molar-refractivity contribution in [1.29, 1.82) is 0 Å². The number of carbonyl (C=O) groups excluding carboxylic acids is 1. The van der Waals surface area contributed by atoms with Gasteiger partial charge in [-0.2, -0.15) is 4.98 Å². The number of nitrogens with zero attached hydrogens (tertiary/aromatic N) is 2. The molecule has 8 heteroatoms. The van der Waals surface area contributed by atoms with Gasteiger partial charge in [0, 0.05) is 30.7 Å². The summed E-state index contributed by atoms with van der Waals surface area (Å²) in [7, 11) is 1.64. The third kappa shape index (κ3) is 7.25. The Hall–Kier alpha value is -1.90. The Morgan fingerprint density at radius 3 is 2.72 bits per heavy atom. The molecule has 0 unspecified atom stereocenters. The molecule has 0 fully saturated rings. The van der Waals surface area contributed by atoms with Crippen LogP contribution < -0.4 is 5.32 Å². The number of nitrogens with one attached hydrogen (secondary N) is 1. The Kier molecular flexibility index (Phi) is 8.44. The van der Waals surface area contributed by atoms with Crippen LogP contribution in [0.3, 0.4) is 0 Å². The molecule has 0 bridgehead atoms. The highest BCUT2D eigenvalue weighted by Gasteiger charge is 2.07. The van der Waals surface area contributed by atoms with Gasteiger partial charge in [-0.25, -0.2) is 0 Å². The van der Waals surface area contributed by atoms with Gasteiger partial charge < -0.3 is 19.3 Å². The summed E-state index contributed by atoms with van der Waals surface area (Å²) in [5.41, 5.74) is 0.637. The van der Waals surface area contributed by atoms with Crippen molar-refractivity contribution in [3.8, 4) is 0 Å². The molecule has 0 spiro atoms. The number of methoxy groups -OCH3 is 1. The standard InChI is InChI=1S/C17H23N3O4S/c1-13-19-16(24-20-13)12-25-15-6-4-14(5-7-15)17(21)18-8-3-9-23-11-10-22-2/h4-7H,3,8-12H2,1-2H3,(H,18,21). The molecule has 7 nitrogen and oxygen atoms in total. The molecule has 0 aliphatic heterocycles.